The first-order chi connectivity index (χ1) is 7.44. The van der Waals surface area contributed by atoms with E-state index in [0.29, 0.717) is 19.4 Å². The van der Waals surface area contributed by atoms with Crippen molar-refractivity contribution in [1.29, 1.82) is 0 Å². The first-order valence-corrected chi connectivity index (χ1v) is 5.98. The fraction of sp³-hybridized carbons (Fsp3) is 0.833. The predicted octanol–water partition coefficient (Wildman–Crippen LogP) is 1.89. The van der Waals surface area contributed by atoms with Gasteiger partial charge in [0.25, 0.3) is 0 Å². The van der Waals surface area contributed by atoms with Crippen LogP contribution in [0.4, 0.5) is 0 Å². The number of nitrogens with zero attached hydrogens (tertiary/aromatic N) is 1. The summed E-state index contributed by atoms with van der Waals surface area (Å²) in [5.41, 5.74) is -0.189. The van der Waals surface area contributed by atoms with Crippen LogP contribution in [-0.4, -0.2) is 34.0 Å². The molecule has 1 fully saturated rings. The Labute approximate surface area is 96.6 Å². The maximum absolute atomic E-state index is 11.9. The summed E-state index contributed by atoms with van der Waals surface area (Å²) in [7, 11) is 0. The molecule has 0 radical (unpaired) electrons. The van der Waals surface area contributed by atoms with Crippen LogP contribution in [0.25, 0.3) is 0 Å². The lowest BCUT2D eigenvalue weighted by Crippen LogP contribution is -2.54. The number of hydrogen-bond acceptors (Lipinski definition) is 2. The fourth-order valence-corrected chi connectivity index (χ4v) is 2.20. The van der Waals surface area contributed by atoms with Gasteiger partial charge >= 0.3 is 5.97 Å². The molecule has 1 amide bonds. The number of carboxylic acid groups (broad SMARTS) is 1. The monoisotopic (exact) mass is 227 g/mol. The number of piperidine rings is 1. The summed E-state index contributed by atoms with van der Waals surface area (Å²) >= 11 is 0. The number of carbonyl (C=O) groups is 2. The van der Waals surface area contributed by atoms with Crippen LogP contribution in [0.2, 0.25) is 0 Å². The molecule has 1 atom stereocenters. The number of hydrogen-bond donors (Lipinski definition) is 1. The highest BCUT2D eigenvalue weighted by Crippen LogP contribution is 2.29. The van der Waals surface area contributed by atoms with E-state index in [1.54, 1.807) is 4.90 Å². The molecule has 0 aromatic heterocycles. The molecule has 92 valence electrons. The Bertz CT molecular complexity index is 284. The minimum Gasteiger partial charge on any atom is -0.481 e. The third kappa shape index (κ3) is 2.36. The van der Waals surface area contributed by atoms with E-state index in [9.17, 15) is 9.59 Å². The van der Waals surface area contributed by atoms with Gasteiger partial charge in [-0.25, -0.2) is 0 Å². The van der Waals surface area contributed by atoms with Crippen LogP contribution >= 0.6 is 0 Å². The van der Waals surface area contributed by atoms with Crippen molar-refractivity contribution in [3.8, 4) is 0 Å². The quantitative estimate of drug-likeness (QED) is 0.797. The molecular weight excluding hydrogens is 206 g/mol. The van der Waals surface area contributed by atoms with Crippen LogP contribution in [0, 0.1) is 5.92 Å². The van der Waals surface area contributed by atoms with Crippen LogP contribution in [0.5, 0.6) is 0 Å². The lowest BCUT2D eigenvalue weighted by Gasteiger charge is -2.44. The van der Waals surface area contributed by atoms with Crippen molar-refractivity contribution in [2.24, 2.45) is 5.92 Å². The second-order valence-electron chi connectivity index (χ2n) is 4.78. The minimum absolute atomic E-state index is 0.101. The van der Waals surface area contributed by atoms with Crippen molar-refractivity contribution in [2.75, 3.05) is 6.54 Å². The molecule has 0 bridgehead atoms. The van der Waals surface area contributed by atoms with Gasteiger partial charge in [-0.1, -0.05) is 13.8 Å². The molecule has 4 heteroatoms. The highest BCUT2D eigenvalue weighted by Gasteiger charge is 2.38. The first-order valence-electron chi connectivity index (χ1n) is 5.98. The highest BCUT2D eigenvalue weighted by molar-refractivity contribution is 5.81. The van der Waals surface area contributed by atoms with Gasteiger partial charge in [0.05, 0.1) is 5.92 Å². The van der Waals surface area contributed by atoms with Crippen molar-refractivity contribution in [1.82, 2.24) is 4.90 Å². The Balaban J connectivity index is 2.84. The molecule has 1 aliphatic heterocycles. The summed E-state index contributed by atoms with van der Waals surface area (Å²) in [4.78, 5) is 24.6. The topological polar surface area (TPSA) is 57.6 Å². The first kappa shape index (κ1) is 13.0. The van der Waals surface area contributed by atoms with E-state index in [1.807, 2.05) is 20.8 Å². The van der Waals surface area contributed by atoms with Gasteiger partial charge in [0.1, 0.15) is 0 Å². The molecule has 1 saturated heterocycles. The Morgan fingerprint density at radius 2 is 2.06 bits per heavy atom. The van der Waals surface area contributed by atoms with E-state index < -0.39 is 11.9 Å². The number of rotatable bonds is 4. The molecule has 0 saturated carbocycles. The maximum atomic E-state index is 11.9. The van der Waals surface area contributed by atoms with Crippen LogP contribution in [0.1, 0.15) is 46.5 Å². The summed E-state index contributed by atoms with van der Waals surface area (Å²) < 4.78 is 0. The van der Waals surface area contributed by atoms with Gasteiger partial charge < -0.3 is 10.0 Å². The van der Waals surface area contributed by atoms with Crippen molar-refractivity contribution in [3.63, 3.8) is 0 Å². The Morgan fingerprint density at radius 1 is 1.50 bits per heavy atom. The molecule has 0 aromatic carbocycles. The fourth-order valence-electron chi connectivity index (χ4n) is 2.20. The Hall–Kier alpha value is -1.06. The van der Waals surface area contributed by atoms with Crippen molar-refractivity contribution in [3.05, 3.63) is 0 Å². The van der Waals surface area contributed by atoms with Gasteiger partial charge in [0, 0.05) is 18.5 Å². The van der Waals surface area contributed by atoms with E-state index in [1.165, 1.54) is 0 Å². The molecule has 1 unspecified atom stereocenters. The number of carbonyl (C=O) groups excluding carboxylic acids is 1. The summed E-state index contributed by atoms with van der Waals surface area (Å²) in [6, 6.07) is 0. The molecule has 1 N–H and O–H groups in total. The summed E-state index contributed by atoms with van der Waals surface area (Å²) in [5.74, 6) is -1.08. The number of likely N-dealkylation sites (tertiary alicyclic amines) is 1. The smallest absolute Gasteiger partial charge is 0.308 e. The minimum atomic E-state index is -0.785. The van der Waals surface area contributed by atoms with Crippen LogP contribution in [0.3, 0.4) is 0 Å². The van der Waals surface area contributed by atoms with E-state index in [-0.39, 0.29) is 11.4 Å². The van der Waals surface area contributed by atoms with E-state index in [4.69, 9.17) is 5.11 Å². The number of amides is 1. The van der Waals surface area contributed by atoms with Crippen LogP contribution < -0.4 is 0 Å². The van der Waals surface area contributed by atoms with Crippen molar-refractivity contribution < 1.29 is 14.7 Å². The maximum Gasteiger partial charge on any atom is 0.308 e. The Morgan fingerprint density at radius 3 is 2.50 bits per heavy atom. The predicted molar refractivity (Wildman–Crippen MR) is 61.1 cm³/mol. The second-order valence-corrected chi connectivity index (χ2v) is 4.78. The molecule has 1 rings (SSSR count). The van der Waals surface area contributed by atoms with E-state index in [0.717, 1.165) is 12.8 Å². The molecule has 1 heterocycles. The molecule has 1 aliphatic rings. The third-order valence-electron chi connectivity index (χ3n) is 3.93. The van der Waals surface area contributed by atoms with Gasteiger partial charge in [-0.2, -0.15) is 0 Å². The molecule has 0 aromatic rings. The normalized spacial score (nSPS) is 22.3. The Kier molecular flexibility index (Phi) is 3.94. The van der Waals surface area contributed by atoms with E-state index >= 15 is 0 Å². The zero-order chi connectivity index (χ0) is 12.3. The molecule has 16 heavy (non-hydrogen) atoms. The van der Waals surface area contributed by atoms with Gasteiger partial charge in [0.2, 0.25) is 5.91 Å². The summed E-state index contributed by atoms with van der Waals surface area (Å²) in [5, 5.41) is 9.02. The largest absolute Gasteiger partial charge is 0.481 e. The van der Waals surface area contributed by atoms with Gasteiger partial charge in [-0.15, -0.1) is 0 Å². The number of aliphatic carboxylic acids is 1. The average molecular weight is 227 g/mol. The molecular formula is C12H21NO3. The van der Waals surface area contributed by atoms with Gasteiger partial charge in [-0.3, -0.25) is 9.59 Å². The zero-order valence-corrected chi connectivity index (χ0v) is 10.3. The van der Waals surface area contributed by atoms with Gasteiger partial charge in [0.15, 0.2) is 0 Å². The number of carboxylic acids is 1. The van der Waals surface area contributed by atoms with Crippen LogP contribution in [0.15, 0.2) is 0 Å². The molecule has 0 aliphatic carbocycles. The van der Waals surface area contributed by atoms with Crippen LogP contribution in [-0.2, 0) is 9.59 Å². The lowest BCUT2D eigenvalue weighted by molar-refractivity contribution is -0.151. The highest BCUT2D eigenvalue weighted by atomic mass is 16.4. The molecule has 0 spiro atoms. The lowest BCUT2D eigenvalue weighted by atomic mass is 9.87. The third-order valence-corrected chi connectivity index (χ3v) is 3.93. The molecule has 4 nitrogen and oxygen atoms in total. The summed E-state index contributed by atoms with van der Waals surface area (Å²) in [6.07, 6.45) is 2.57. The standard InChI is InChI=1S/C12H21NO3/c1-4-12(3,5-2)13-8-9(11(15)16)6-7-10(13)14/h9H,4-8H2,1-3H3,(H,15,16). The average Bonchev–Trinajstić information content (AvgIpc) is 2.28. The second kappa shape index (κ2) is 4.85. The van der Waals surface area contributed by atoms with Gasteiger partial charge in [-0.05, 0) is 26.2 Å². The summed E-state index contributed by atoms with van der Waals surface area (Å²) in [6.45, 7) is 6.49. The SMILES string of the molecule is CCC(C)(CC)N1CC(C(=O)O)CCC1=O. The van der Waals surface area contributed by atoms with E-state index in [2.05, 4.69) is 0 Å². The zero-order valence-electron chi connectivity index (χ0n) is 10.3. The van der Waals surface area contributed by atoms with Crippen molar-refractivity contribution >= 4 is 11.9 Å². The van der Waals surface area contributed by atoms with Crippen molar-refractivity contribution in [2.45, 2.75) is 52.0 Å².